The molecule has 2 aromatic rings. The van der Waals surface area contributed by atoms with Crippen LogP contribution in [0.1, 0.15) is 12.6 Å². The number of nitrogens with zero attached hydrogens (tertiary/aromatic N) is 1. The van der Waals surface area contributed by atoms with E-state index in [0.29, 0.717) is 23.2 Å². The number of aryl methyl sites for hydroxylation is 1. The first-order chi connectivity index (χ1) is 11.1. The van der Waals surface area contributed by atoms with Crippen LogP contribution >= 0.6 is 12.2 Å². The SMILES string of the molecule is COc1ccccc1OC[C@H](C)NC(=S)Nc1cccc(C)n1. The van der Waals surface area contributed by atoms with Gasteiger partial charge in [0.25, 0.3) is 0 Å². The molecule has 1 heterocycles. The number of anilines is 1. The van der Waals surface area contributed by atoms with Gasteiger partial charge in [0, 0.05) is 5.69 Å². The van der Waals surface area contributed by atoms with Crippen LogP contribution in [0.25, 0.3) is 0 Å². The fourth-order valence-electron chi connectivity index (χ4n) is 1.98. The molecule has 23 heavy (non-hydrogen) atoms. The van der Waals surface area contributed by atoms with E-state index in [1.165, 1.54) is 0 Å². The Balaban J connectivity index is 1.82. The van der Waals surface area contributed by atoms with Crippen molar-refractivity contribution in [1.29, 1.82) is 0 Å². The van der Waals surface area contributed by atoms with Crippen molar-refractivity contribution < 1.29 is 9.47 Å². The number of ether oxygens (including phenoxy) is 2. The molecule has 0 unspecified atom stereocenters. The molecular formula is C17H21N3O2S. The van der Waals surface area contributed by atoms with Gasteiger partial charge in [-0.2, -0.15) is 0 Å². The summed E-state index contributed by atoms with van der Waals surface area (Å²) in [7, 11) is 1.62. The maximum atomic E-state index is 5.77. The van der Waals surface area contributed by atoms with E-state index in [1.807, 2.05) is 56.3 Å². The molecular weight excluding hydrogens is 310 g/mol. The van der Waals surface area contributed by atoms with Gasteiger partial charge in [0.2, 0.25) is 0 Å². The average Bonchev–Trinajstić information content (AvgIpc) is 2.53. The maximum absolute atomic E-state index is 5.77. The minimum Gasteiger partial charge on any atom is -0.493 e. The highest BCUT2D eigenvalue weighted by Gasteiger charge is 2.08. The van der Waals surface area contributed by atoms with Gasteiger partial charge in [-0.15, -0.1) is 0 Å². The molecule has 0 amide bonds. The summed E-state index contributed by atoms with van der Waals surface area (Å²) < 4.78 is 11.0. The summed E-state index contributed by atoms with van der Waals surface area (Å²) in [5.41, 5.74) is 0.936. The Morgan fingerprint density at radius 2 is 1.91 bits per heavy atom. The zero-order chi connectivity index (χ0) is 16.7. The van der Waals surface area contributed by atoms with Crippen molar-refractivity contribution in [2.45, 2.75) is 19.9 Å². The average molecular weight is 331 g/mol. The monoisotopic (exact) mass is 331 g/mol. The van der Waals surface area contributed by atoms with E-state index in [0.717, 1.165) is 11.5 Å². The number of pyridine rings is 1. The van der Waals surface area contributed by atoms with E-state index in [1.54, 1.807) is 7.11 Å². The predicted molar refractivity (Wildman–Crippen MR) is 96.3 cm³/mol. The van der Waals surface area contributed by atoms with E-state index >= 15 is 0 Å². The Morgan fingerprint density at radius 1 is 1.17 bits per heavy atom. The molecule has 0 radical (unpaired) electrons. The van der Waals surface area contributed by atoms with Crippen molar-refractivity contribution in [2.75, 3.05) is 19.0 Å². The van der Waals surface area contributed by atoms with Crippen LogP contribution in [0.2, 0.25) is 0 Å². The van der Waals surface area contributed by atoms with Gasteiger partial charge >= 0.3 is 0 Å². The minimum absolute atomic E-state index is 0.0321. The van der Waals surface area contributed by atoms with Crippen LogP contribution in [0.15, 0.2) is 42.5 Å². The molecule has 0 aliphatic heterocycles. The lowest BCUT2D eigenvalue weighted by atomic mass is 10.3. The Hall–Kier alpha value is -2.34. The summed E-state index contributed by atoms with van der Waals surface area (Å²) in [5, 5.41) is 6.75. The lowest BCUT2D eigenvalue weighted by Crippen LogP contribution is -2.39. The quantitative estimate of drug-likeness (QED) is 0.793. The third-order valence-electron chi connectivity index (χ3n) is 3.07. The Labute approximate surface area is 142 Å². The lowest BCUT2D eigenvalue weighted by molar-refractivity contribution is 0.270. The van der Waals surface area contributed by atoms with E-state index < -0.39 is 0 Å². The number of aromatic nitrogens is 1. The fraction of sp³-hybridized carbons (Fsp3) is 0.294. The summed E-state index contributed by atoms with van der Waals surface area (Å²) in [4.78, 5) is 4.35. The molecule has 0 bridgehead atoms. The molecule has 1 aromatic heterocycles. The van der Waals surface area contributed by atoms with Crippen LogP contribution in [0.3, 0.4) is 0 Å². The second kappa shape index (κ2) is 8.33. The third-order valence-corrected chi connectivity index (χ3v) is 3.29. The van der Waals surface area contributed by atoms with Gasteiger partial charge in [0.05, 0.1) is 13.2 Å². The van der Waals surface area contributed by atoms with Gasteiger partial charge in [-0.1, -0.05) is 18.2 Å². The smallest absolute Gasteiger partial charge is 0.172 e. The third kappa shape index (κ3) is 5.41. The van der Waals surface area contributed by atoms with Crippen molar-refractivity contribution in [2.24, 2.45) is 0 Å². The zero-order valence-corrected chi connectivity index (χ0v) is 14.3. The predicted octanol–water partition coefficient (Wildman–Crippen LogP) is 3.15. The molecule has 122 valence electrons. The fourth-order valence-corrected chi connectivity index (χ4v) is 2.29. The van der Waals surface area contributed by atoms with Gasteiger partial charge in [-0.25, -0.2) is 4.98 Å². The summed E-state index contributed by atoms with van der Waals surface area (Å²) in [6.07, 6.45) is 0. The highest BCUT2D eigenvalue weighted by atomic mass is 32.1. The topological polar surface area (TPSA) is 55.4 Å². The number of hydrogen-bond donors (Lipinski definition) is 2. The molecule has 0 aliphatic carbocycles. The molecule has 0 fully saturated rings. The lowest BCUT2D eigenvalue weighted by Gasteiger charge is -2.18. The van der Waals surface area contributed by atoms with Crippen LogP contribution in [-0.2, 0) is 0 Å². The van der Waals surface area contributed by atoms with Crippen LogP contribution in [0.5, 0.6) is 11.5 Å². The van der Waals surface area contributed by atoms with Crippen molar-refractivity contribution in [3.05, 3.63) is 48.2 Å². The zero-order valence-electron chi connectivity index (χ0n) is 13.5. The standard InChI is InChI=1S/C17H21N3O2S/c1-12-7-6-10-16(18-12)20-17(23)19-13(2)11-22-15-9-5-4-8-14(15)21-3/h4-10,13H,11H2,1-3H3,(H2,18,19,20,23)/t13-/m0/s1. The molecule has 0 spiro atoms. The van der Waals surface area contributed by atoms with Crippen molar-refractivity contribution in [3.8, 4) is 11.5 Å². The van der Waals surface area contributed by atoms with E-state index in [-0.39, 0.29) is 6.04 Å². The van der Waals surface area contributed by atoms with Gasteiger partial charge < -0.3 is 20.1 Å². The van der Waals surface area contributed by atoms with Gasteiger partial charge in [-0.3, -0.25) is 0 Å². The highest BCUT2D eigenvalue weighted by molar-refractivity contribution is 7.80. The molecule has 0 saturated heterocycles. The van der Waals surface area contributed by atoms with Crippen LogP contribution < -0.4 is 20.1 Å². The van der Waals surface area contributed by atoms with Crippen molar-refractivity contribution in [3.63, 3.8) is 0 Å². The molecule has 1 atom stereocenters. The van der Waals surface area contributed by atoms with Gasteiger partial charge in [0.1, 0.15) is 12.4 Å². The first-order valence-electron chi connectivity index (χ1n) is 7.35. The molecule has 6 heteroatoms. The van der Waals surface area contributed by atoms with Gasteiger partial charge in [-0.05, 0) is 50.3 Å². The largest absolute Gasteiger partial charge is 0.493 e. The molecule has 1 aromatic carbocycles. The Bertz CT molecular complexity index is 664. The Kier molecular flexibility index (Phi) is 6.17. The van der Waals surface area contributed by atoms with Gasteiger partial charge in [0.15, 0.2) is 16.6 Å². The van der Waals surface area contributed by atoms with Crippen LogP contribution in [0, 0.1) is 6.92 Å². The van der Waals surface area contributed by atoms with E-state index in [2.05, 4.69) is 15.6 Å². The number of methoxy groups -OCH3 is 1. The summed E-state index contributed by atoms with van der Waals surface area (Å²) in [6.45, 7) is 4.39. The molecule has 5 nitrogen and oxygen atoms in total. The van der Waals surface area contributed by atoms with Crippen LogP contribution in [0.4, 0.5) is 5.82 Å². The van der Waals surface area contributed by atoms with Crippen molar-refractivity contribution in [1.82, 2.24) is 10.3 Å². The Morgan fingerprint density at radius 3 is 2.61 bits per heavy atom. The first kappa shape index (κ1) is 17.0. The first-order valence-corrected chi connectivity index (χ1v) is 7.76. The number of hydrogen-bond acceptors (Lipinski definition) is 4. The number of nitrogens with one attached hydrogen (secondary N) is 2. The summed E-state index contributed by atoms with van der Waals surface area (Å²) >= 11 is 5.29. The number of rotatable bonds is 6. The second-order valence-corrected chi connectivity index (χ2v) is 5.53. The van der Waals surface area contributed by atoms with Crippen molar-refractivity contribution >= 4 is 23.1 Å². The second-order valence-electron chi connectivity index (χ2n) is 5.13. The number of benzene rings is 1. The van der Waals surface area contributed by atoms with E-state index in [9.17, 15) is 0 Å². The highest BCUT2D eigenvalue weighted by Crippen LogP contribution is 2.25. The summed E-state index contributed by atoms with van der Waals surface area (Å²) in [5.74, 6) is 2.15. The molecule has 2 N–H and O–H groups in total. The minimum atomic E-state index is 0.0321. The normalized spacial score (nSPS) is 11.4. The number of para-hydroxylation sites is 2. The summed E-state index contributed by atoms with van der Waals surface area (Å²) in [6, 6.07) is 13.3. The molecule has 2 rings (SSSR count). The number of thiocarbonyl (C=S) groups is 1. The molecule has 0 aliphatic rings. The van der Waals surface area contributed by atoms with E-state index in [4.69, 9.17) is 21.7 Å². The molecule has 0 saturated carbocycles. The maximum Gasteiger partial charge on any atom is 0.172 e. The van der Waals surface area contributed by atoms with Crippen LogP contribution in [-0.4, -0.2) is 29.9 Å².